The standard InChI is InChI=1S/C11H22N2O4S/c1-3-17-11(14)10(12)4-6-13(2)9-5-7-18(15,16)8-9/h9-10H,3-8,12H2,1-2H3. The first kappa shape index (κ1) is 15.4. The third-order valence-electron chi connectivity index (χ3n) is 3.21. The summed E-state index contributed by atoms with van der Waals surface area (Å²) in [5.41, 5.74) is 5.68. The number of nitrogens with two attached hydrogens (primary N) is 1. The van der Waals surface area contributed by atoms with E-state index < -0.39 is 21.8 Å². The van der Waals surface area contributed by atoms with Gasteiger partial charge in [0.1, 0.15) is 6.04 Å². The molecule has 1 rings (SSSR count). The zero-order valence-electron chi connectivity index (χ0n) is 11.0. The van der Waals surface area contributed by atoms with Crippen LogP contribution in [0.5, 0.6) is 0 Å². The summed E-state index contributed by atoms with van der Waals surface area (Å²) in [5.74, 6) is 0.0642. The molecule has 1 heterocycles. The van der Waals surface area contributed by atoms with Crippen molar-refractivity contribution in [3.63, 3.8) is 0 Å². The highest BCUT2D eigenvalue weighted by Crippen LogP contribution is 2.16. The predicted molar refractivity (Wildman–Crippen MR) is 68.9 cm³/mol. The molecule has 6 nitrogen and oxygen atoms in total. The Bertz CT molecular complexity index is 383. The summed E-state index contributed by atoms with van der Waals surface area (Å²) in [6, 6.07) is -0.588. The monoisotopic (exact) mass is 278 g/mol. The van der Waals surface area contributed by atoms with Crippen molar-refractivity contribution < 1.29 is 17.9 Å². The molecule has 2 unspecified atom stereocenters. The zero-order chi connectivity index (χ0) is 13.8. The van der Waals surface area contributed by atoms with E-state index in [2.05, 4.69) is 0 Å². The van der Waals surface area contributed by atoms with E-state index in [1.54, 1.807) is 6.92 Å². The maximum absolute atomic E-state index is 11.4. The van der Waals surface area contributed by atoms with Gasteiger partial charge in [-0.1, -0.05) is 0 Å². The Hall–Kier alpha value is -0.660. The van der Waals surface area contributed by atoms with Crippen molar-refractivity contribution in [3.05, 3.63) is 0 Å². The number of carbonyl (C=O) groups is 1. The van der Waals surface area contributed by atoms with Gasteiger partial charge < -0.3 is 15.4 Å². The average Bonchev–Trinajstić information content (AvgIpc) is 2.66. The number of nitrogens with zero attached hydrogens (tertiary/aromatic N) is 1. The number of rotatable bonds is 6. The first-order valence-corrected chi connectivity index (χ1v) is 8.00. The highest BCUT2D eigenvalue weighted by atomic mass is 32.2. The van der Waals surface area contributed by atoms with Gasteiger partial charge in [0, 0.05) is 12.6 Å². The maximum atomic E-state index is 11.4. The van der Waals surface area contributed by atoms with Gasteiger partial charge in [-0.2, -0.15) is 0 Å². The zero-order valence-corrected chi connectivity index (χ0v) is 11.8. The van der Waals surface area contributed by atoms with Crippen LogP contribution in [0.2, 0.25) is 0 Å². The Balaban J connectivity index is 2.33. The van der Waals surface area contributed by atoms with Crippen molar-refractivity contribution in [2.45, 2.75) is 31.8 Å². The lowest BCUT2D eigenvalue weighted by Gasteiger charge is -2.24. The van der Waals surface area contributed by atoms with Gasteiger partial charge in [0.25, 0.3) is 0 Å². The normalized spacial score (nSPS) is 24.1. The van der Waals surface area contributed by atoms with Crippen LogP contribution >= 0.6 is 0 Å². The van der Waals surface area contributed by atoms with E-state index in [1.165, 1.54) is 0 Å². The number of carbonyl (C=O) groups excluding carboxylic acids is 1. The molecule has 0 aromatic rings. The van der Waals surface area contributed by atoms with Crippen LogP contribution in [-0.4, -0.2) is 63.1 Å². The van der Waals surface area contributed by atoms with Gasteiger partial charge in [-0.3, -0.25) is 4.79 Å². The predicted octanol–water partition coefficient (Wildman–Crippen LogP) is -0.614. The molecule has 7 heteroatoms. The first-order valence-electron chi connectivity index (χ1n) is 6.18. The quantitative estimate of drug-likeness (QED) is 0.652. The third kappa shape index (κ3) is 4.55. The molecule has 1 saturated heterocycles. The number of hydrogen-bond acceptors (Lipinski definition) is 6. The van der Waals surface area contributed by atoms with E-state index in [9.17, 15) is 13.2 Å². The molecule has 0 amide bonds. The number of hydrogen-bond donors (Lipinski definition) is 1. The summed E-state index contributed by atoms with van der Waals surface area (Å²) >= 11 is 0. The molecular formula is C11H22N2O4S. The summed E-state index contributed by atoms with van der Waals surface area (Å²) in [6.07, 6.45) is 1.14. The van der Waals surface area contributed by atoms with Gasteiger partial charge in [-0.05, 0) is 26.8 Å². The Labute approximate surface area is 108 Å². The molecule has 0 saturated carbocycles. The van der Waals surface area contributed by atoms with Crippen LogP contribution in [-0.2, 0) is 19.4 Å². The summed E-state index contributed by atoms with van der Waals surface area (Å²) < 4.78 is 27.5. The van der Waals surface area contributed by atoms with Crippen LogP contribution in [0, 0.1) is 0 Å². The van der Waals surface area contributed by atoms with Gasteiger partial charge in [-0.25, -0.2) is 8.42 Å². The molecular weight excluding hydrogens is 256 g/mol. The number of sulfone groups is 1. The van der Waals surface area contributed by atoms with Crippen molar-refractivity contribution in [1.82, 2.24) is 4.90 Å². The van der Waals surface area contributed by atoms with E-state index in [1.807, 2.05) is 11.9 Å². The van der Waals surface area contributed by atoms with E-state index in [0.717, 1.165) is 0 Å². The second-order valence-electron chi connectivity index (χ2n) is 4.68. The molecule has 106 valence electrons. The minimum atomic E-state index is -2.87. The molecule has 0 aromatic carbocycles. The van der Waals surface area contributed by atoms with Crippen molar-refractivity contribution in [3.8, 4) is 0 Å². The van der Waals surface area contributed by atoms with Crippen LogP contribution < -0.4 is 5.73 Å². The maximum Gasteiger partial charge on any atom is 0.322 e. The van der Waals surface area contributed by atoms with Crippen molar-refractivity contribution in [1.29, 1.82) is 0 Å². The van der Waals surface area contributed by atoms with Gasteiger partial charge in [0.2, 0.25) is 0 Å². The fourth-order valence-electron chi connectivity index (χ4n) is 2.02. The van der Waals surface area contributed by atoms with Crippen molar-refractivity contribution in [2.75, 3.05) is 31.7 Å². The Kier molecular flexibility index (Phi) is 5.55. The molecule has 0 aliphatic carbocycles. The molecule has 0 aromatic heterocycles. The molecule has 0 spiro atoms. The summed E-state index contributed by atoms with van der Waals surface area (Å²) in [5, 5.41) is 0. The van der Waals surface area contributed by atoms with Crippen LogP contribution in [0.15, 0.2) is 0 Å². The Morgan fingerprint density at radius 1 is 1.56 bits per heavy atom. The van der Waals surface area contributed by atoms with Crippen molar-refractivity contribution in [2.24, 2.45) is 5.73 Å². The minimum Gasteiger partial charge on any atom is -0.465 e. The van der Waals surface area contributed by atoms with Crippen LogP contribution in [0.4, 0.5) is 0 Å². The lowest BCUT2D eigenvalue weighted by atomic mass is 10.2. The third-order valence-corrected chi connectivity index (χ3v) is 4.96. The summed E-state index contributed by atoms with van der Waals surface area (Å²) in [7, 11) is -1.00. The fraction of sp³-hybridized carbons (Fsp3) is 0.909. The van der Waals surface area contributed by atoms with Gasteiger partial charge in [0.05, 0.1) is 18.1 Å². The highest BCUT2D eigenvalue weighted by molar-refractivity contribution is 7.91. The van der Waals surface area contributed by atoms with Gasteiger partial charge >= 0.3 is 5.97 Å². The molecule has 18 heavy (non-hydrogen) atoms. The second kappa shape index (κ2) is 6.49. The Morgan fingerprint density at radius 3 is 2.72 bits per heavy atom. The van der Waals surface area contributed by atoms with E-state index in [4.69, 9.17) is 10.5 Å². The molecule has 1 aliphatic rings. The second-order valence-corrected chi connectivity index (χ2v) is 6.91. The molecule has 1 aliphatic heterocycles. The first-order chi connectivity index (χ1) is 8.35. The van der Waals surface area contributed by atoms with Crippen molar-refractivity contribution >= 4 is 15.8 Å². The van der Waals surface area contributed by atoms with Gasteiger partial charge in [-0.15, -0.1) is 0 Å². The van der Waals surface area contributed by atoms with Crippen LogP contribution in [0.3, 0.4) is 0 Å². The minimum absolute atomic E-state index is 0.0457. The van der Waals surface area contributed by atoms with E-state index >= 15 is 0 Å². The summed E-state index contributed by atoms with van der Waals surface area (Å²) in [4.78, 5) is 13.3. The largest absolute Gasteiger partial charge is 0.465 e. The molecule has 2 N–H and O–H groups in total. The molecule has 0 radical (unpaired) electrons. The topological polar surface area (TPSA) is 89.7 Å². The molecule has 0 bridgehead atoms. The molecule has 1 fully saturated rings. The van der Waals surface area contributed by atoms with Gasteiger partial charge in [0.15, 0.2) is 9.84 Å². The molecule has 2 atom stereocenters. The number of esters is 1. The number of ether oxygens (including phenoxy) is 1. The lowest BCUT2D eigenvalue weighted by molar-refractivity contribution is -0.144. The van der Waals surface area contributed by atoms with E-state index in [-0.39, 0.29) is 17.5 Å². The Morgan fingerprint density at radius 2 is 2.22 bits per heavy atom. The lowest BCUT2D eigenvalue weighted by Crippen LogP contribution is -2.39. The SMILES string of the molecule is CCOC(=O)C(N)CCN(C)C1CCS(=O)(=O)C1. The van der Waals surface area contributed by atoms with Crippen LogP contribution in [0.25, 0.3) is 0 Å². The van der Waals surface area contributed by atoms with Crippen LogP contribution in [0.1, 0.15) is 19.8 Å². The van der Waals surface area contributed by atoms with E-state index in [0.29, 0.717) is 26.0 Å². The fourth-order valence-corrected chi connectivity index (χ4v) is 3.82. The average molecular weight is 278 g/mol. The highest BCUT2D eigenvalue weighted by Gasteiger charge is 2.30. The summed E-state index contributed by atoms with van der Waals surface area (Å²) in [6.45, 7) is 2.66. The smallest absolute Gasteiger partial charge is 0.322 e.